The Hall–Kier alpha value is -0.740. The van der Waals surface area contributed by atoms with Gasteiger partial charge in [-0.2, -0.15) is 11.8 Å². The van der Waals surface area contributed by atoms with Crippen molar-refractivity contribution in [3.63, 3.8) is 0 Å². The Morgan fingerprint density at radius 1 is 1.67 bits per heavy atom. The highest BCUT2D eigenvalue weighted by Crippen LogP contribution is 2.19. The second-order valence-corrected chi connectivity index (χ2v) is 5.55. The maximum absolute atomic E-state index is 5.66. The van der Waals surface area contributed by atoms with Crippen LogP contribution in [0.3, 0.4) is 0 Å². The van der Waals surface area contributed by atoms with Crippen LogP contribution in [0.2, 0.25) is 0 Å². The van der Waals surface area contributed by atoms with Gasteiger partial charge in [-0.05, 0) is 17.7 Å². The van der Waals surface area contributed by atoms with Crippen molar-refractivity contribution in [1.29, 1.82) is 0 Å². The summed E-state index contributed by atoms with van der Waals surface area (Å²) in [5.74, 6) is 1.86. The molecule has 0 spiro atoms. The molecule has 2 heterocycles. The monoisotopic (exact) mass is 223 g/mol. The predicted molar refractivity (Wildman–Crippen MR) is 65.8 cm³/mol. The molecule has 0 saturated carbocycles. The minimum atomic E-state index is 0.618. The van der Waals surface area contributed by atoms with Gasteiger partial charge in [-0.25, -0.2) is 4.98 Å². The van der Waals surface area contributed by atoms with Crippen molar-refractivity contribution in [1.82, 2.24) is 9.88 Å². The molecule has 1 saturated heterocycles. The second-order valence-electron chi connectivity index (χ2n) is 4.01. The van der Waals surface area contributed by atoms with E-state index in [1.54, 1.807) is 6.20 Å². The lowest BCUT2D eigenvalue weighted by atomic mass is 10.2. The van der Waals surface area contributed by atoms with Gasteiger partial charge in [0.15, 0.2) is 0 Å². The van der Waals surface area contributed by atoms with Gasteiger partial charge in [0.1, 0.15) is 5.82 Å². The maximum atomic E-state index is 5.66. The van der Waals surface area contributed by atoms with Gasteiger partial charge < -0.3 is 5.73 Å². The van der Waals surface area contributed by atoms with Crippen molar-refractivity contribution in [2.24, 2.45) is 0 Å². The molecule has 1 atom stereocenters. The summed E-state index contributed by atoms with van der Waals surface area (Å²) in [5.41, 5.74) is 6.92. The highest BCUT2D eigenvalue weighted by molar-refractivity contribution is 7.99. The molecule has 1 fully saturated rings. The molecule has 0 aromatic carbocycles. The SMILES string of the molecule is CC1CN(Cc2ccnc(N)c2)CCS1. The summed E-state index contributed by atoms with van der Waals surface area (Å²) >= 11 is 2.06. The Morgan fingerprint density at radius 2 is 2.53 bits per heavy atom. The fraction of sp³-hybridized carbons (Fsp3) is 0.545. The van der Waals surface area contributed by atoms with Crippen molar-refractivity contribution in [3.8, 4) is 0 Å². The maximum Gasteiger partial charge on any atom is 0.123 e. The fourth-order valence-corrected chi connectivity index (χ4v) is 2.97. The number of anilines is 1. The quantitative estimate of drug-likeness (QED) is 0.827. The smallest absolute Gasteiger partial charge is 0.123 e. The molecule has 1 unspecified atom stereocenters. The van der Waals surface area contributed by atoms with Crippen molar-refractivity contribution in [2.75, 3.05) is 24.6 Å². The molecule has 1 aliphatic rings. The molecule has 3 nitrogen and oxygen atoms in total. The lowest BCUT2D eigenvalue weighted by Crippen LogP contribution is -2.36. The van der Waals surface area contributed by atoms with Crippen LogP contribution in [-0.2, 0) is 6.54 Å². The lowest BCUT2D eigenvalue weighted by molar-refractivity contribution is 0.278. The van der Waals surface area contributed by atoms with E-state index in [0.717, 1.165) is 11.8 Å². The van der Waals surface area contributed by atoms with Crippen molar-refractivity contribution in [2.45, 2.75) is 18.7 Å². The average Bonchev–Trinajstić information content (AvgIpc) is 2.17. The van der Waals surface area contributed by atoms with E-state index in [-0.39, 0.29) is 0 Å². The van der Waals surface area contributed by atoms with E-state index in [1.165, 1.54) is 24.4 Å². The van der Waals surface area contributed by atoms with Gasteiger partial charge in [-0.15, -0.1) is 0 Å². The molecule has 0 aliphatic carbocycles. The molecule has 0 bridgehead atoms. The zero-order chi connectivity index (χ0) is 10.7. The Kier molecular flexibility index (Phi) is 3.49. The number of nitrogens with two attached hydrogens (primary N) is 1. The molecule has 1 aromatic heterocycles. The Labute approximate surface area is 95.1 Å². The van der Waals surface area contributed by atoms with Crippen LogP contribution in [0.4, 0.5) is 5.82 Å². The zero-order valence-corrected chi connectivity index (χ0v) is 9.83. The Balaban J connectivity index is 1.96. The number of pyridine rings is 1. The summed E-state index contributed by atoms with van der Waals surface area (Å²) in [5, 5.41) is 0.748. The first-order valence-electron chi connectivity index (χ1n) is 5.28. The van der Waals surface area contributed by atoms with Crippen LogP contribution in [0.5, 0.6) is 0 Å². The predicted octanol–water partition coefficient (Wildman–Crippen LogP) is 1.60. The fourth-order valence-electron chi connectivity index (χ4n) is 1.89. The van der Waals surface area contributed by atoms with Crippen LogP contribution < -0.4 is 5.73 Å². The topological polar surface area (TPSA) is 42.2 Å². The van der Waals surface area contributed by atoms with Gasteiger partial charge in [0.25, 0.3) is 0 Å². The number of nitrogen functional groups attached to an aromatic ring is 1. The third-order valence-corrected chi connectivity index (χ3v) is 3.71. The number of hydrogen-bond acceptors (Lipinski definition) is 4. The van der Waals surface area contributed by atoms with Gasteiger partial charge in [-0.1, -0.05) is 6.92 Å². The van der Waals surface area contributed by atoms with Crippen molar-refractivity contribution in [3.05, 3.63) is 23.9 Å². The van der Waals surface area contributed by atoms with Crippen LogP contribution in [0.15, 0.2) is 18.3 Å². The molecule has 0 amide bonds. The van der Waals surface area contributed by atoms with Crippen LogP contribution in [0.25, 0.3) is 0 Å². The van der Waals surface area contributed by atoms with E-state index >= 15 is 0 Å². The number of thioether (sulfide) groups is 1. The van der Waals surface area contributed by atoms with Gasteiger partial charge >= 0.3 is 0 Å². The first kappa shape index (κ1) is 10.8. The normalized spacial score (nSPS) is 22.9. The van der Waals surface area contributed by atoms with E-state index in [1.807, 2.05) is 12.1 Å². The minimum absolute atomic E-state index is 0.618. The molecule has 2 N–H and O–H groups in total. The van der Waals surface area contributed by atoms with Gasteiger partial charge in [0.2, 0.25) is 0 Å². The molecule has 1 aromatic rings. The molecular weight excluding hydrogens is 206 g/mol. The second kappa shape index (κ2) is 4.86. The summed E-state index contributed by atoms with van der Waals surface area (Å²) in [7, 11) is 0. The molecule has 0 radical (unpaired) electrons. The van der Waals surface area contributed by atoms with E-state index < -0.39 is 0 Å². The van der Waals surface area contributed by atoms with Crippen LogP contribution >= 0.6 is 11.8 Å². The largest absolute Gasteiger partial charge is 0.384 e. The average molecular weight is 223 g/mol. The Morgan fingerprint density at radius 3 is 3.27 bits per heavy atom. The molecule has 4 heteroatoms. The van der Waals surface area contributed by atoms with E-state index in [0.29, 0.717) is 5.82 Å². The third-order valence-electron chi connectivity index (χ3n) is 2.58. The number of nitrogens with zero attached hydrogens (tertiary/aromatic N) is 2. The lowest BCUT2D eigenvalue weighted by Gasteiger charge is -2.30. The summed E-state index contributed by atoms with van der Waals surface area (Å²) in [6, 6.07) is 4.01. The summed E-state index contributed by atoms with van der Waals surface area (Å²) in [6.07, 6.45) is 1.78. The van der Waals surface area contributed by atoms with E-state index in [9.17, 15) is 0 Å². The zero-order valence-electron chi connectivity index (χ0n) is 9.02. The van der Waals surface area contributed by atoms with E-state index in [4.69, 9.17) is 5.73 Å². The van der Waals surface area contributed by atoms with Crippen LogP contribution in [-0.4, -0.2) is 34.0 Å². The minimum Gasteiger partial charge on any atom is -0.384 e. The standard InChI is InChI=1S/C11H17N3S/c1-9-7-14(4-5-15-9)8-10-2-3-13-11(12)6-10/h2-3,6,9H,4-5,7-8H2,1H3,(H2,12,13). The number of rotatable bonds is 2. The summed E-state index contributed by atoms with van der Waals surface area (Å²) < 4.78 is 0. The number of hydrogen-bond donors (Lipinski definition) is 1. The van der Waals surface area contributed by atoms with Gasteiger partial charge in [0, 0.05) is 36.8 Å². The van der Waals surface area contributed by atoms with Gasteiger partial charge in [0.05, 0.1) is 0 Å². The highest BCUT2D eigenvalue weighted by Gasteiger charge is 2.16. The first-order valence-corrected chi connectivity index (χ1v) is 6.33. The third kappa shape index (κ3) is 3.11. The Bertz CT molecular complexity index is 329. The molecule has 1 aliphatic heterocycles. The highest BCUT2D eigenvalue weighted by atomic mass is 32.2. The molecular formula is C11H17N3S. The summed E-state index contributed by atoms with van der Waals surface area (Å²) in [6.45, 7) is 5.64. The number of aromatic nitrogens is 1. The molecule has 82 valence electrons. The van der Waals surface area contributed by atoms with Crippen molar-refractivity contribution >= 4 is 17.6 Å². The molecule has 2 rings (SSSR count). The first-order chi connectivity index (χ1) is 7.24. The van der Waals surface area contributed by atoms with Gasteiger partial charge in [-0.3, -0.25) is 4.90 Å². The van der Waals surface area contributed by atoms with Crippen molar-refractivity contribution < 1.29 is 0 Å². The molecule has 15 heavy (non-hydrogen) atoms. The van der Waals surface area contributed by atoms with Crippen LogP contribution in [0, 0.1) is 0 Å². The van der Waals surface area contributed by atoms with E-state index in [2.05, 4.69) is 28.6 Å². The van der Waals surface area contributed by atoms with Crippen LogP contribution in [0.1, 0.15) is 12.5 Å². The summed E-state index contributed by atoms with van der Waals surface area (Å²) in [4.78, 5) is 6.49.